The summed E-state index contributed by atoms with van der Waals surface area (Å²) < 4.78 is 13.3. The maximum Gasteiger partial charge on any atom is 0.273 e. The highest BCUT2D eigenvalue weighted by molar-refractivity contribution is 7.98. The van der Waals surface area contributed by atoms with E-state index >= 15 is 0 Å². The van der Waals surface area contributed by atoms with Crippen LogP contribution in [0.3, 0.4) is 0 Å². The second-order valence-corrected chi connectivity index (χ2v) is 10.2. The van der Waals surface area contributed by atoms with Gasteiger partial charge in [-0.1, -0.05) is 29.5 Å². The highest BCUT2D eigenvalue weighted by Gasteiger charge is 2.28. The summed E-state index contributed by atoms with van der Waals surface area (Å²) in [6, 6.07) is 11.9. The van der Waals surface area contributed by atoms with Crippen LogP contribution >= 0.6 is 23.1 Å². The van der Waals surface area contributed by atoms with E-state index in [2.05, 4.69) is 34.2 Å². The Morgan fingerprint density at radius 3 is 2.62 bits per heavy atom. The lowest BCUT2D eigenvalue weighted by molar-refractivity contribution is -0.0587. The van der Waals surface area contributed by atoms with Crippen LogP contribution in [0.1, 0.15) is 34.9 Å². The van der Waals surface area contributed by atoms with Crippen molar-refractivity contribution in [3.05, 3.63) is 64.3 Å². The van der Waals surface area contributed by atoms with Crippen LogP contribution in [0.15, 0.2) is 57.6 Å². The van der Waals surface area contributed by atoms with E-state index in [1.54, 1.807) is 6.26 Å². The summed E-state index contributed by atoms with van der Waals surface area (Å²) in [4.78, 5) is 19.4. The smallest absolute Gasteiger partial charge is 0.273 e. The van der Waals surface area contributed by atoms with Crippen molar-refractivity contribution < 1.29 is 13.9 Å². The van der Waals surface area contributed by atoms with Gasteiger partial charge >= 0.3 is 0 Å². The van der Waals surface area contributed by atoms with Gasteiger partial charge < -0.3 is 14.1 Å². The Balaban J connectivity index is 1.34. The Bertz CT molecular complexity index is 1260. The van der Waals surface area contributed by atoms with Crippen LogP contribution in [0.25, 0.3) is 17.3 Å². The summed E-state index contributed by atoms with van der Waals surface area (Å²) in [5, 5.41) is 12.2. The molecule has 1 amide bonds. The normalized spacial score (nSPS) is 18.4. The molecule has 1 fully saturated rings. The Labute approximate surface area is 206 Å². The molecule has 1 aromatic carbocycles. The van der Waals surface area contributed by atoms with Crippen molar-refractivity contribution in [1.82, 2.24) is 24.6 Å². The van der Waals surface area contributed by atoms with Gasteiger partial charge in [0.25, 0.3) is 5.91 Å². The van der Waals surface area contributed by atoms with Gasteiger partial charge in [-0.3, -0.25) is 9.36 Å². The minimum atomic E-state index is -0.0440. The van der Waals surface area contributed by atoms with E-state index < -0.39 is 0 Å². The zero-order valence-corrected chi connectivity index (χ0v) is 20.8. The van der Waals surface area contributed by atoms with Gasteiger partial charge in [-0.05, 0) is 45.0 Å². The number of rotatable bonds is 6. The monoisotopic (exact) mass is 495 g/mol. The molecule has 0 radical (unpaired) electrons. The highest BCUT2D eigenvalue weighted by Crippen LogP contribution is 2.31. The Morgan fingerprint density at radius 1 is 1.15 bits per heavy atom. The first kappa shape index (κ1) is 22.8. The predicted molar refractivity (Wildman–Crippen MR) is 131 cm³/mol. The molecule has 3 aromatic heterocycles. The Kier molecular flexibility index (Phi) is 6.53. The molecule has 4 aromatic rings. The third-order valence-corrected chi connectivity index (χ3v) is 7.44. The van der Waals surface area contributed by atoms with E-state index in [0.29, 0.717) is 36.1 Å². The number of furan rings is 1. The number of thiazole rings is 1. The van der Waals surface area contributed by atoms with Crippen molar-refractivity contribution in [1.29, 1.82) is 0 Å². The minimum Gasteiger partial charge on any atom is -0.461 e. The van der Waals surface area contributed by atoms with Crippen LogP contribution in [-0.2, 0) is 10.5 Å². The number of hydrogen-bond acceptors (Lipinski definition) is 8. The minimum absolute atomic E-state index is 0.0258. The van der Waals surface area contributed by atoms with Gasteiger partial charge in [0, 0.05) is 24.2 Å². The first-order chi connectivity index (χ1) is 16.5. The number of carbonyl (C=O) groups is 1. The second kappa shape index (κ2) is 9.73. The van der Waals surface area contributed by atoms with Crippen LogP contribution < -0.4 is 0 Å². The molecule has 1 aliphatic heterocycles. The number of amides is 1. The van der Waals surface area contributed by atoms with Gasteiger partial charge in [0.1, 0.15) is 10.7 Å². The van der Waals surface area contributed by atoms with Gasteiger partial charge in [0.15, 0.2) is 10.9 Å². The maximum atomic E-state index is 13.0. The van der Waals surface area contributed by atoms with Crippen molar-refractivity contribution >= 4 is 29.0 Å². The molecule has 10 heteroatoms. The number of aromatic nitrogens is 4. The number of aryl methyl sites for hydroxylation is 1. The van der Waals surface area contributed by atoms with Crippen molar-refractivity contribution in [2.45, 2.75) is 43.9 Å². The van der Waals surface area contributed by atoms with E-state index in [1.807, 2.05) is 53.0 Å². The molecule has 1 aliphatic rings. The molecule has 4 heterocycles. The van der Waals surface area contributed by atoms with E-state index in [9.17, 15) is 4.79 Å². The molecule has 0 aliphatic carbocycles. The van der Waals surface area contributed by atoms with E-state index in [1.165, 1.54) is 28.7 Å². The average Bonchev–Trinajstić information content (AvgIpc) is 3.57. The molecule has 1 saturated heterocycles. The molecule has 5 rings (SSSR count). The fraction of sp³-hybridized carbons (Fsp3) is 0.333. The summed E-state index contributed by atoms with van der Waals surface area (Å²) >= 11 is 3.01. The number of carbonyl (C=O) groups excluding carboxylic acids is 1. The lowest BCUT2D eigenvalue weighted by atomic mass is 10.2. The molecule has 2 unspecified atom stereocenters. The predicted octanol–water partition coefficient (Wildman–Crippen LogP) is 4.83. The average molecular weight is 496 g/mol. The van der Waals surface area contributed by atoms with Crippen molar-refractivity contribution in [3.8, 4) is 17.3 Å². The van der Waals surface area contributed by atoms with Crippen LogP contribution in [0, 0.1) is 6.92 Å². The van der Waals surface area contributed by atoms with Gasteiger partial charge in [-0.2, -0.15) is 0 Å². The largest absolute Gasteiger partial charge is 0.461 e. The van der Waals surface area contributed by atoms with Gasteiger partial charge in [-0.15, -0.1) is 21.5 Å². The fourth-order valence-corrected chi connectivity index (χ4v) is 5.70. The van der Waals surface area contributed by atoms with Crippen LogP contribution in [0.5, 0.6) is 0 Å². The van der Waals surface area contributed by atoms with Crippen LogP contribution in [0.2, 0.25) is 0 Å². The molecule has 0 bridgehead atoms. The third-order valence-electron chi connectivity index (χ3n) is 5.47. The molecule has 0 spiro atoms. The molecule has 176 valence electrons. The van der Waals surface area contributed by atoms with Gasteiger partial charge in [0.05, 0.1) is 24.2 Å². The van der Waals surface area contributed by atoms with Gasteiger partial charge in [0.2, 0.25) is 5.82 Å². The second-order valence-electron chi connectivity index (χ2n) is 8.34. The van der Waals surface area contributed by atoms with Crippen molar-refractivity contribution in [3.63, 3.8) is 0 Å². The van der Waals surface area contributed by atoms with Crippen molar-refractivity contribution in [2.75, 3.05) is 13.1 Å². The molecule has 0 N–H and O–H groups in total. The zero-order chi connectivity index (χ0) is 23.7. The molecular formula is C24H25N5O3S2. The molecule has 34 heavy (non-hydrogen) atoms. The number of thioether (sulfide) groups is 1. The first-order valence-electron chi connectivity index (χ1n) is 11.1. The van der Waals surface area contributed by atoms with Gasteiger partial charge in [-0.25, -0.2) is 4.98 Å². The van der Waals surface area contributed by atoms with E-state index in [4.69, 9.17) is 9.15 Å². The van der Waals surface area contributed by atoms with Crippen molar-refractivity contribution in [2.24, 2.45) is 0 Å². The van der Waals surface area contributed by atoms with Crippen LogP contribution in [-0.4, -0.2) is 55.9 Å². The topological polar surface area (TPSA) is 86.3 Å². The van der Waals surface area contributed by atoms with E-state index in [0.717, 1.165) is 15.9 Å². The molecule has 2 atom stereocenters. The van der Waals surface area contributed by atoms with E-state index in [-0.39, 0.29) is 18.1 Å². The Hall–Kier alpha value is -2.95. The lowest BCUT2D eigenvalue weighted by Crippen LogP contribution is -2.48. The maximum absolute atomic E-state index is 13.0. The standard InChI is InChI=1S/C24H25N5O3S2/c1-15-6-8-18(9-7-15)29-22(20-5-4-10-31-20)26-27-24(29)34-14-21-25-19(13-33-21)23(30)28-11-16(2)32-17(3)12-28/h4-10,13,16-17H,11-12,14H2,1-3H3. The summed E-state index contributed by atoms with van der Waals surface area (Å²) in [6.07, 6.45) is 1.68. The zero-order valence-electron chi connectivity index (χ0n) is 19.2. The quantitative estimate of drug-likeness (QED) is 0.354. The van der Waals surface area contributed by atoms with Crippen LogP contribution in [0.4, 0.5) is 0 Å². The summed E-state index contributed by atoms with van der Waals surface area (Å²) in [5.74, 6) is 1.83. The lowest BCUT2D eigenvalue weighted by Gasteiger charge is -2.34. The number of hydrogen-bond donors (Lipinski definition) is 0. The molecule has 0 saturated carbocycles. The summed E-state index contributed by atoms with van der Waals surface area (Å²) in [5.41, 5.74) is 2.61. The summed E-state index contributed by atoms with van der Waals surface area (Å²) in [6.45, 7) is 7.19. The Morgan fingerprint density at radius 2 is 1.91 bits per heavy atom. The SMILES string of the molecule is Cc1ccc(-n2c(SCc3nc(C(=O)N4CC(C)OC(C)C4)cs3)nnc2-c2ccco2)cc1. The number of nitrogens with zero attached hydrogens (tertiary/aromatic N) is 5. The number of morpholine rings is 1. The molecular weight excluding hydrogens is 470 g/mol. The molecule has 8 nitrogen and oxygen atoms in total. The summed E-state index contributed by atoms with van der Waals surface area (Å²) in [7, 11) is 0. The first-order valence-corrected chi connectivity index (χ1v) is 12.9. The number of benzene rings is 1. The fourth-order valence-electron chi connectivity index (χ4n) is 3.96. The third kappa shape index (κ3) is 4.79. The highest BCUT2D eigenvalue weighted by atomic mass is 32.2. The number of ether oxygens (including phenoxy) is 1.